The zero-order chi connectivity index (χ0) is 11.9. The van der Waals surface area contributed by atoms with E-state index in [1.165, 1.54) is 0 Å². The maximum absolute atomic E-state index is 4.66. The first kappa shape index (κ1) is 9.48. The summed E-state index contributed by atoms with van der Waals surface area (Å²) < 4.78 is 0. The summed E-state index contributed by atoms with van der Waals surface area (Å²) in [6.45, 7) is 0. The highest BCUT2D eigenvalue weighted by molar-refractivity contribution is 5.98. The second kappa shape index (κ2) is 3.47. The molecule has 2 aromatic carbocycles. The number of pyridine rings is 1. The van der Waals surface area contributed by atoms with Gasteiger partial charge in [-0.3, -0.25) is 9.97 Å². The van der Waals surface area contributed by atoms with E-state index in [-0.39, 0.29) is 0 Å². The Balaban J connectivity index is 2.20. The molecule has 0 spiro atoms. The summed E-state index contributed by atoms with van der Waals surface area (Å²) in [5.41, 5.74) is 3.75. The SMILES string of the molecule is c1ccc2nc3cc4nccnc4cc3cc2c1. The third-order valence-electron chi connectivity index (χ3n) is 3.11. The topological polar surface area (TPSA) is 38.7 Å². The molecule has 0 fully saturated rings. The molecule has 4 rings (SSSR count). The van der Waals surface area contributed by atoms with Crippen molar-refractivity contribution in [2.75, 3.05) is 0 Å². The predicted octanol–water partition coefficient (Wildman–Crippen LogP) is 3.33. The van der Waals surface area contributed by atoms with Crippen LogP contribution in [-0.2, 0) is 0 Å². The summed E-state index contributed by atoms with van der Waals surface area (Å²) >= 11 is 0. The van der Waals surface area contributed by atoms with Crippen molar-refractivity contribution in [2.45, 2.75) is 0 Å². The van der Waals surface area contributed by atoms with Gasteiger partial charge in [0.15, 0.2) is 0 Å². The Hall–Kier alpha value is -2.55. The number of nitrogens with zero attached hydrogens (tertiary/aromatic N) is 3. The average molecular weight is 231 g/mol. The van der Waals surface area contributed by atoms with Crippen LogP contribution in [0, 0.1) is 0 Å². The van der Waals surface area contributed by atoms with Crippen molar-refractivity contribution < 1.29 is 0 Å². The van der Waals surface area contributed by atoms with Gasteiger partial charge in [-0.1, -0.05) is 18.2 Å². The Kier molecular flexibility index (Phi) is 1.83. The van der Waals surface area contributed by atoms with Crippen LogP contribution < -0.4 is 0 Å². The number of hydrogen-bond acceptors (Lipinski definition) is 3. The third-order valence-corrected chi connectivity index (χ3v) is 3.11. The van der Waals surface area contributed by atoms with Crippen LogP contribution in [0.1, 0.15) is 0 Å². The first-order valence-electron chi connectivity index (χ1n) is 5.80. The summed E-state index contributed by atoms with van der Waals surface area (Å²) in [5, 5.41) is 2.25. The molecular formula is C15H9N3. The standard InChI is InChI=1S/C15H9N3/c1-2-4-12-10(3-1)7-11-8-14-15(9-13(11)18-12)17-6-5-16-14/h1-9H. The molecule has 3 heteroatoms. The molecule has 0 N–H and O–H groups in total. The fourth-order valence-electron chi connectivity index (χ4n) is 2.24. The van der Waals surface area contributed by atoms with Gasteiger partial charge in [-0.25, -0.2) is 4.98 Å². The monoisotopic (exact) mass is 231 g/mol. The molecule has 2 aromatic heterocycles. The number of fused-ring (bicyclic) bond motifs is 3. The maximum Gasteiger partial charge on any atom is 0.0908 e. The molecule has 18 heavy (non-hydrogen) atoms. The molecule has 0 unspecified atom stereocenters. The lowest BCUT2D eigenvalue weighted by Crippen LogP contribution is -1.86. The second-order valence-corrected chi connectivity index (χ2v) is 4.27. The molecule has 0 aliphatic heterocycles. The van der Waals surface area contributed by atoms with Crippen LogP contribution in [0.25, 0.3) is 32.8 Å². The highest BCUT2D eigenvalue weighted by atomic mass is 14.8. The molecule has 0 radical (unpaired) electrons. The van der Waals surface area contributed by atoms with E-state index in [0.29, 0.717) is 0 Å². The van der Waals surface area contributed by atoms with Crippen LogP contribution in [0.3, 0.4) is 0 Å². The van der Waals surface area contributed by atoms with Gasteiger partial charge in [0.1, 0.15) is 0 Å². The molecule has 84 valence electrons. The van der Waals surface area contributed by atoms with Crippen LogP contribution in [0.5, 0.6) is 0 Å². The lowest BCUT2D eigenvalue weighted by atomic mass is 10.1. The summed E-state index contributed by atoms with van der Waals surface area (Å²) in [6.07, 6.45) is 3.41. The fourth-order valence-corrected chi connectivity index (χ4v) is 2.24. The normalized spacial score (nSPS) is 11.3. The van der Waals surface area contributed by atoms with E-state index in [1.54, 1.807) is 12.4 Å². The van der Waals surface area contributed by atoms with Gasteiger partial charge in [-0.15, -0.1) is 0 Å². The van der Waals surface area contributed by atoms with Crippen LogP contribution >= 0.6 is 0 Å². The minimum Gasteiger partial charge on any atom is -0.253 e. The van der Waals surface area contributed by atoms with E-state index in [2.05, 4.69) is 27.1 Å². The van der Waals surface area contributed by atoms with Crippen molar-refractivity contribution in [1.29, 1.82) is 0 Å². The zero-order valence-electron chi connectivity index (χ0n) is 9.54. The highest BCUT2D eigenvalue weighted by Gasteiger charge is 2.02. The minimum absolute atomic E-state index is 0.882. The maximum atomic E-state index is 4.66. The van der Waals surface area contributed by atoms with E-state index in [4.69, 9.17) is 0 Å². The molecule has 0 amide bonds. The molecule has 4 aromatic rings. The molecule has 0 aliphatic carbocycles. The van der Waals surface area contributed by atoms with E-state index < -0.39 is 0 Å². The first-order chi connectivity index (χ1) is 8.90. The summed E-state index contributed by atoms with van der Waals surface area (Å²) in [6, 6.07) is 14.3. The van der Waals surface area contributed by atoms with Crippen LogP contribution in [0.15, 0.2) is 54.9 Å². The van der Waals surface area contributed by atoms with Gasteiger partial charge in [-0.2, -0.15) is 0 Å². The van der Waals surface area contributed by atoms with E-state index in [0.717, 1.165) is 32.8 Å². The van der Waals surface area contributed by atoms with E-state index in [9.17, 15) is 0 Å². The van der Waals surface area contributed by atoms with Gasteiger partial charge in [-0.05, 0) is 24.3 Å². The molecule has 0 atom stereocenters. The molecule has 0 saturated carbocycles. The summed E-state index contributed by atoms with van der Waals surface area (Å²) in [5.74, 6) is 0. The second-order valence-electron chi connectivity index (χ2n) is 4.27. The number of benzene rings is 2. The minimum atomic E-state index is 0.882. The molecule has 0 saturated heterocycles. The highest BCUT2D eigenvalue weighted by Crippen LogP contribution is 2.22. The number of aromatic nitrogens is 3. The Bertz CT molecular complexity index is 740. The van der Waals surface area contributed by atoms with Crippen LogP contribution in [0.2, 0.25) is 0 Å². The zero-order valence-corrected chi connectivity index (χ0v) is 9.54. The third kappa shape index (κ3) is 1.34. The van der Waals surface area contributed by atoms with Gasteiger partial charge in [0.2, 0.25) is 0 Å². The van der Waals surface area contributed by atoms with Crippen molar-refractivity contribution in [3.63, 3.8) is 0 Å². The van der Waals surface area contributed by atoms with E-state index >= 15 is 0 Å². The van der Waals surface area contributed by atoms with Crippen molar-refractivity contribution in [3.05, 3.63) is 54.9 Å². The smallest absolute Gasteiger partial charge is 0.0908 e. The van der Waals surface area contributed by atoms with Crippen molar-refractivity contribution in [2.24, 2.45) is 0 Å². The summed E-state index contributed by atoms with van der Waals surface area (Å²) in [7, 11) is 0. The van der Waals surface area contributed by atoms with Gasteiger partial charge in [0.25, 0.3) is 0 Å². The Labute approximate surface area is 103 Å². The summed E-state index contributed by atoms with van der Waals surface area (Å²) in [4.78, 5) is 13.3. The Morgan fingerprint density at radius 3 is 2.28 bits per heavy atom. The van der Waals surface area contributed by atoms with Crippen molar-refractivity contribution in [3.8, 4) is 0 Å². The number of rotatable bonds is 0. The van der Waals surface area contributed by atoms with Crippen LogP contribution in [0.4, 0.5) is 0 Å². The van der Waals surface area contributed by atoms with Crippen molar-refractivity contribution >= 4 is 32.8 Å². The lowest BCUT2D eigenvalue weighted by molar-refractivity contribution is 1.30. The average Bonchev–Trinajstić information content (AvgIpc) is 2.42. The Morgan fingerprint density at radius 2 is 1.39 bits per heavy atom. The molecular weight excluding hydrogens is 222 g/mol. The largest absolute Gasteiger partial charge is 0.253 e. The number of para-hydroxylation sites is 1. The predicted molar refractivity (Wildman–Crippen MR) is 72.3 cm³/mol. The lowest BCUT2D eigenvalue weighted by Gasteiger charge is -2.02. The number of hydrogen-bond donors (Lipinski definition) is 0. The fraction of sp³-hybridized carbons (Fsp3) is 0. The van der Waals surface area contributed by atoms with Gasteiger partial charge in [0, 0.05) is 23.2 Å². The van der Waals surface area contributed by atoms with E-state index in [1.807, 2.05) is 30.3 Å². The first-order valence-corrected chi connectivity index (χ1v) is 5.80. The molecule has 2 heterocycles. The Morgan fingerprint density at radius 1 is 0.611 bits per heavy atom. The van der Waals surface area contributed by atoms with Gasteiger partial charge < -0.3 is 0 Å². The van der Waals surface area contributed by atoms with Crippen molar-refractivity contribution in [1.82, 2.24) is 15.0 Å². The van der Waals surface area contributed by atoms with Gasteiger partial charge in [0.05, 0.1) is 22.1 Å². The molecule has 0 aliphatic rings. The molecule has 0 bridgehead atoms. The quantitative estimate of drug-likeness (QED) is 0.436. The van der Waals surface area contributed by atoms with Crippen LogP contribution in [-0.4, -0.2) is 15.0 Å². The molecule has 3 nitrogen and oxygen atoms in total. The van der Waals surface area contributed by atoms with Gasteiger partial charge >= 0.3 is 0 Å².